The van der Waals surface area contributed by atoms with E-state index < -0.39 is 11.8 Å². The number of hydrogen-bond donors (Lipinski definition) is 2. The van der Waals surface area contributed by atoms with Crippen LogP contribution in [0, 0.1) is 0 Å². The Morgan fingerprint density at radius 2 is 2.03 bits per heavy atom. The minimum Gasteiger partial charge on any atom is -0.350 e. The highest BCUT2D eigenvalue weighted by Crippen LogP contribution is 2.25. The molecular formula is C22H20N4O3S2. The molecule has 158 valence electrons. The van der Waals surface area contributed by atoms with Gasteiger partial charge in [-0.3, -0.25) is 24.6 Å². The molecule has 1 fully saturated rings. The number of hydrogen-bond acceptors (Lipinski definition) is 5. The fourth-order valence-corrected chi connectivity index (χ4v) is 4.42. The number of benzene rings is 1. The highest BCUT2D eigenvalue weighted by Gasteiger charge is 2.32. The standard InChI is InChI=1S/C22H20N4O3S2/c1-2-26-21(29)17(20(28)24-22(26)30)10-14-12-25(18-8-4-3-7-16(14)18)13-19(27)23-11-15-6-5-9-31-15/h3-10,12H,2,11,13H2,1H3,(H,23,27)(H,24,28,30)/b17-10+. The maximum absolute atomic E-state index is 12.7. The lowest BCUT2D eigenvalue weighted by Crippen LogP contribution is -2.53. The van der Waals surface area contributed by atoms with E-state index in [1.165, 1.54) is 4.90 Å². The van der Waals surface area contributed by atoms with Crippen molar-refractivity contribution in [3.8, 4) is 0 Å². The van der Waals surface area contributed by atoms with Crippen molar-refractivity contribution in [3.63, 3.8) is 0 Å². The van der Waals surface area contributed by atoms with Crippen LogP contribution in [0.4, 0.5) is 0 Å². The van der Waals surface area contributed by atoms with Crippen LogP contribution in [-0.2, 0) is 27.5 Å². The first-order chi connectivity index (χ1) is 15.0. The number of carbonyl (C=O) groups excluding carboxylic acids is 3. The molecule has 0 saturated carbocycles. The van der Waals surface area contributed by atoms with Crippen LogP contribution in [-0.4, -0.2) is 38.8 Å². The van der Waals surface area contributed by atoms with Gasteiger partial charge in [-0.25, -0.2) is 0 Å². The van der Waals surface area contributed by atoms with E-state index >= 15 is 0 Å². The molecule has 2 N–H and O–H groups in total. The molecule has 1 aliphatic heterocycles. The summed E-state index contributed by atoms with van der Waals surface area (Å²) in [7, 11) is 0. The van der Waals surface area contributed by atoms with Crippen LogP contribution >= 0.6 is 23.6 Å². The van der Waals surface area contributed by atoms with Crippen molar-refractivity contribution in [1.82, 2.24) is 20.1 Å². The first kappa shape index (κ1) is 21.0. The van der Waals surface area contributed by atoms with Crippen LogP contribution in [0.2, 0.25) is 0 Å². The molecule has 4 rings (SSSR count). The maximum Gasteiger partial charge on any atom is 0.265 e. The molecule has 0 atom stereocenters. The second kappa shape index (κ2) is 8.83. The van der Waals surface area contributed by atoms with Crippen molar-refractivity contribution < 1.29 is 14.4 Å². The Hall–Kier alpha value is -3.30. The van der Waals surface area contributed by atoms with Gasteiger partial charge >= 0.3 is 0 Å². The summed E-state index contributed by atoms with van der Waals surface area (Å²) in [6.07, 6.45) is 3.34. The van der Waals surface area contributed by atoms with Gasteiger partial charge in [0.05, 0.1) is 6.54 Å². The lowest BCUT2D eigenvalue weighted by atomic mass is 10.1. The normalized spacial score (nSPS) is 15.6. The Morgan fingerprint density at radius 1 is 1.23 bits per heavy atom. The minimum atomic E-state index is -0.523. The van der Waals surface area contributed by atoms with E-state index in [9.17, 15) is 14.4 Å². The van der Waals surface area contributed by atoms with E-state index in [1.54, 1.807) is 30.5 Å². The number of rotatable bonds is 6. The van der Waals surface area contributed by atoms with Gasteiger partial charge in [-0.2, -0.15) is 0 Å². The molecule has 31 heavy (non-hydrogen) atoms. The van der Waals surface area contributed by atoms with Gasteiger partial charge in [0.25, 0.3) is 11.8 Å². The Kier molecular flexibility index (Phi) is 5.97. The fourth-order valence-electron chi connectivity index (χ4n) is 3.47. The molecule has 0 spiro atoms. The molecule has 1 saturated heterocycles. The van der Waals surface area contributed by atoms with Crippen molar-refractivity contribution >= 4 is 63.4 Å². The van der Waals surface area contributed by atoms with Crippen molar-refractivity contribution in [3.05, 3.63) is 64.0 Å². The summed E-state index contributed by atoms with van der Waals surface area (Å²) in [5, 5.41) is 8.40. The van der Waals surface area contributed by atoms with Crippen LogP contribution in [0.5, 0.6) is 0 Å². The molecule has 3 amide bonds. The number of aromatic nitrogens is 1. The van der Waals surface area contributed by atoms with E-state index in [2.05, 4.69) is 10.6 Å². The molecule has 2 aromatic heterocycles. The second-order valence-corrected chi connectivity index (χ2v) is 8.37. The first-order valence-electron chi connectivity index (χ1n) is 9.73. The molecule has 9 heteroatoms. The Bertz CT molecular complexity index is 1210. The van der Waals surface area contributed by atoms with Gasteiger partial charge in [0.15, 0.2) is 5.11 Å². The molecule has 3 heterocycles. The summed E-state index contributed by atoms with van der Waals surface area (Å²) in [4.78, 5) is 40.1. The summed E-state index contributed by atoms with van der Waals surface area (Å²) in [6.45, 7) is 2.76. The van der Waals surface area contributed by atoms with Crippen LogP contribution in [0.3, 0.4) is 0 Å². The van der Waals surface area contributed by atoms with E-state index in [-0.39, 0.29) is 23.1 Å². The maximum atomic E-state index is 12.7. The Labute approximate surface area is 188 Å². The van der Waals surface area contributed by atoms with E-state index in [0.29, 0.717) is 18.7 Å². The first-order valence-corrected chi connectivity index (χ1v) is 11.0. The van der Waals surface area contributed by atoms with Crippen molar-refractivity contribution in [2.45, 2.75) is 20.0 Å². The summed E-state index contributed by atoms with van der Waals surface area (Å²) < 4.78 is 1.82. The van der Waals surface area contributed by atoms with Crippen molar-refractivity contribution in [2.24, 2.45) is 0 Å². The third kappa shape index (κ3) is 4.28. The zero-order valence-electron chi connectivity index (χ0n) is 16.8. The molecule has 0 radical (unpaired) electrons. The average Bonchev–Trinajstić information content (AvgIpc) is 3.38. The predicted molar refractivity (Wildman–Crippen MR) is 124 cm³/mol. The largest absolute Gasteiger partial charge is 0.350 e. The van der Waals surface area contributed by atoms with Crippen molar-refractivity contribution in [1.29, 1.82) is 0 Å². The summed E-state index contributed by atoms with van der Waals surface area (Å²) in [5.41, 5.74) is 1.54. The molecule has 1 aromatic carbocycles. The monoisotopic (exact) mass is 452 g/mol. The molecular weight excluding hydrogens is 432 g/mol. The highest BCUT2D eigenvalue weighted by atomic mass is 32.1. The van der Waals surface area contributed by atoms with Crippen molar-refractivity contribution in [2.75, 3.05) is 6.54 Å². The molecule has 0 aliphatic carbocycles. The molecule has 7 nitrogen and oxygen atoms in total. The van der Waals surface area contributed by atoms with Crippen LogP contribution in [0.1, 0.15) is 17.4 Å². The van der Waals surface area contributed by atoms with Gasteiger partial charge in [-0.05, 0) is 42.7 Å². The van der Waals surface area contributed by atoms with Gasteiger partial charge in [0.1, 0.15) is 12.1 Å². The Balaban J connectivity index is 1.63. The lowest BCUT2D eigenvalue weighted by Gasteiger charge is -2.27. The number of nitrogens with one attached hydrogen (secondary N) is 2. The smallest absolute Gasteiger partial charge is 0.265 e. The third-order valence-electron chi connectivity index (χ3n) is 4.98. The molecule has 1 aliphatic rings. The number of para-hydroxylation sites is 1. The fraction of sp³-hybridized carbons (Fsp3) is 0.182. The zero-order chi connectivity index (χ0) is 22.0. The molecule has 0 bridgehead atoms. The Morgan fingerprint density at radius 3 is 2.77 bits per heavy atom. The molecule has 0 unspecified atom stereocenters. The predicted octanol–water partition coefficient (Wildman–Crippen LogP) is 2.67. The summed E-state index contributed by atoms with van der Waals surface area (Å²) in [6, 6.07) is 11.5. The van der Waals surface area contributed by atoms with E-state index in [1.807, 2.05) is 46.3 Å². The van der Waals surface area contributed by atoms with Crippen LogP contribution < -0.4 is 10.6 Å². The van der Waals surface area contributed by atoms with E-state index in [4.69, 9.17) is 12.2 Å². The summed E-state index contributed by atoms with van der Waals surface area (Å²) >= 11 is 6.67. The summed E-state index contributed by atoms with van der Waals surface area (Å²) in [5.74, 6) is -1.07. The van der Waals surface area contributed by atoms with Gasteiger partial charge in [0.2, 0.25) is 5.91 Å². The lowest BCUT2D eigenvalue weighted by molar-refractivity contribution is -0.128. The minimum absolute atomic E-state index is 0.0144. The van der Waals surface area contributed by atoms with Crippen LogP contribution in [0.25, 0.3) is 17.0 Å². The number of nitrogens with zero attached hydrogens (tertiary/aromatic N) is 2. The van der Waals surface area contributed by atoms with Gasteiger partial charge < -0.3 is 9.88 Å². The zero-order valence-corrected chi connectivity index (χ0v) is 18.4. The number of amides is 3. The quantitative estimate of drug-likeness (QED) is 0.342. The van der Waals surface area contributed by atoms with Crippen LogP contribution in [0.15, 0.2) is 53.5 Å². The number of fused-ring (bicyclic) bond motifs is 1. The number of likely N-dealkylation sites (N-methyl/N-ethyl adjacent to an activating group) is 1. The third-order valence-corrected chi connectivity index (χ3v) is 6.17. The second-order valence-electron chi connectivity index (χ2n) is 6.95. The van der Waals surface area contributed by atoms with E-state index in [0.717, 1.165) is 15.8 Å². The number of carbonyl (C=O) groups is 3. The molecule has 3 aromatic rings. The van der Waals surface area contributed by atoms with Gasteiger partial charge in [0, 0.05) is 34.1 Å². The number of thiophene rings is 1. The van der Waals surface area contributed by atoms with Gasteiger partial charge in [-0.15, -0.1) is 11.3 Å². The topological polar surface area (TPSA) is 83.4 Å². The SMILES string of the molecule is CCN1C(=O)/C(=C/c2cn(CC(=O)NCc3cccs3)c3ccccc23)C(=O)NC1=S. The number of thiocarbonyl (C=S) groups is 1. The highest BCUT2D eigenvalue weighted by molar-refractivity contribution is 7.80. The van der Waals surface area contributed by atoms with Gasteiger partial charge in [-0.1, -0.05) is 24.3 Å². The average molecular weight is 453 g/mol.